The highest BCUT2D eigenvalue weighted by atomic mass is 19.1. The van der Waals surface area contributed by atoms with Gasteiger partial charge in [-0.1, -0.05) is 12.1 Å². The number of halogens is 1. The zero-order chi connectivity index (χ0) is 13.9. The van der Waals surface area contributed by atoms with Gasteiger partial charge in [0, 0.05) is 6.61 Å². The smallest absolute Gasteiger partial charge is 0.123 e. The van der Waals surface area contributed by atoms with Crippen LogP contribution in [0.2, 0.25) is 0 Å². The lowest BCUT2D eigenvalue weighted by Gasteiger charge is -2.39. The van der Waals surface area contributed by atoms with E-state index in [1.54, 1.807) is 12.1 Å². The summed E-state index contributed by atoms with van der Waals surface area (Å²) in [4.78, 5) is 0. The van der Waals surface area contributed by atoms with Crippen molar-refractivity contribution in [1.29, 1.82) is 0 Å². The molecule has 0 bridgehead atoms. The van der Waals surface area contributed by atoms with Crippen LogP contribution in [-0.4, -0.2) is 18.8 Å². The zero-order valence-electron chi connectivity index (χ0n) is 11.9. The third-order valence-corrected chi connectivity index (χ3v) is 4.08. The summed E-state index contributed by atoms with van der Waals surface area (Å²) in [7, 11) is 0. The lowest BCUT2D eigenvalue weighted by atomic mass is 9.75. The molecule has 0 saturated carbocycles. The maximum absolute atomic E-state index is 13.1. The fourth-order valence-electron chi connectivity index (χ4n) is 3.19. The van der Waals surface area contributed by atoms with Crippen molar-refractivity contribution in [2.45, 2.75) is 44.6 Å². The molecule has 0 radical (unpaired) electrons. The number of ether oxygens (including phenoxy) is 1. The lowest BCUT2D eigenvalue weighted by Crippen LogP contribution is -2.36. The van der Waals surface area contributed by atoms with E-state index in [1.165, 1.54) is 5.56 Å². The molecule has 1 aliphatic heterocycles. The minimum absolute atomic E-state index is 0.0597. The molecule has 1 saturated heterocycles. The lowest BCUT2D eigenvalue weighted by molar-refractivity contribution is -0.0771. The van der Waals surface area contributed by atoms with Crippen molar-refractivity contribution in [2.75, 3.05) is 13.2 Å². The Morgan fingerprint density at radius 2 is 2.05 bits per heavy atom. The zero-order valence-corrected chi connectivity index (χ0v) is 11.9. The van der Waals surface area contributed by atoms with Gasteiger partial charge in [0.05, 0.1) is 5.60 Å². The second-order valence-electron chi connectivity index (χ2n) is 6.10. The maximum atomic E-state index is 13.1. The topological polar surface area (TPSA) is 35.2 Å². The summed E-state index contributed by atoms with van der Waals surface area (Å²) in [6.07, 6.45) is 3.05. The van der Waals surface area contributed by atoms with Crippen LogP contribution in [0.25, 0.3) is 0 Å². The van der Waals surface area contributed by atoms with E-state index in [9.17, 15) is 4.39 Å². The number of benzene rings is 1. The van der Waals surface area contributed by atoms with E-state index < -0.39 is 0 Å². The van der Waals surface area contributed by atoms with Crippen molar-refractivity contribution in [3.05, 3.63) is 35.6 Å². The van der Waals surface area contributed by atoms with Gasteiger partial charge in [0.1, 0.15) is 5.82 Å². The van der Waals surface area contributed by atoms with E-state index in [2.05, 4.69) is 13.8 Å². The van der Waals surface area contributed by atoms with Gasteiger partial charge in [-0.25, -0.2) is 4.39 Å². The molecule has 0 aromatic heterocycles. The molecule has 2 nitrogen and oxygen atoms in total. The number of hydrogen-bond acceptors (Lipinski definition) is 2. The maximum Gasteiger partial charge on any atom is 0.123 e. The van der Waals surface area contributed by atoms with Gasteiger partial charge in [0.2, 0.25) is 0 Å². The van der Waals surface area contributed by atoms with Crippen molar-refractivity contribution in [1.82, 2.24) is 0 Å². The van der Waals surface area contributed by atoms with Gasteiger partial charge in [-0.2, -0.15) is 0 Å². The molecule has 0 unspecified atom stereocenters. The highest BCUT2D eigenvalue weighted by molar-refractivity contribution is 5.21. The molecule has 0 aliphatic carbocycles. The standard InChI is InChI=1S/C16H24FNO/c1-16(2)11-13(8-10-19-16)15(7-9-18)12-3-5-14(17)6-4-12/h3-6,13,15H,7-11,18H2,1-2H3/t13-,15-/m0/s1. The first kappa shape index (κ1) is 14.5. The van der Waals surface area contributed by atoms with E-state index in [-0.39, 0.29) is 11.4 Å². The van der Waals surface area contributed by atoms with Crippen molar-refractivity contribution >= 4 is 0 Å². The van der Waals surface area contributed by atoms with Crippen molar-refractivity contribution in [2.24, 2.45) is 11.7 Å². The third kappa shape index (κ3) is 3.77. The predicted octanol–water partition coefficient (Wildman–Crippen LogP) is 3.46. The van der Waals surface area contributed by atoms with E-state index in [0.717, 1.165) is 25.9 Å². The monoisotopic (exact) mass is 265 g/mol. The fraction of sp³-hybridized carbons (Fsp3) is 0.625. The van der Waals surface area contributed by atoms with E-state index in [4.69, 9.17) is 10.5 Å². The van der Waals surface area contributed by atoms with Crippen LogP contribution in [0, 0.1) is 11.7 Å². The molecule has 1 fully saturated rings. The normalized spacial score (nSPS) is 24.1. The summed E-state index contributed by atoms with van der Waals surface area (Å²) in [5.74, 6) is 0.800. The Bertz CT molecular complexity index is 402. The van der Waals surface area contributed by atoms with Gasteiger partial charge < -0.3 is 10.5 Å². The average molecular weight is 265 g/mol. The number of nitrogens with two attached hydrogens (primary N) is 1. The largest absolute Gasteiger partial charge is 0.376 e. The Kier molecular flexibility index (Phi) is 4.58. The molecule has 106 valence electrons. The molecule has 2 atom stereocenters. The second-order valence-corrected chi connectivity index (χ2v) is 6.10. The molecule has 1 aromatic rings. The first-order chi connectivity index (χ1) is 9.02. The Morgan fingerprint density at radius 1 is 1.37 bits per heavy atom. The van der Waals surface area contributed by atoms with Crippen molar-refractivity contribution in [3.8, 4) is 0 Å². The van der Waals surface area contributed by atoms with Crippen LogP contribution in [-0.2, 0) is 4.74 Å². The Labute approximate surface area is 115 Å². The first-order valence-electron chi connectivity index (χ1n) is 7.11. The molecule has 3 heteroatoms. The summed E-state index contributed by atoms with van der Waals surface area (Å²) in [6.45, 7) is 5.76. The van der Waals surface area contributed by atoms with Crippen LogP contribution < -0.4 is 5.73 Å². The molecular weight excluding hydrogens is 241 g/mol. The summed E-state index contributed by atoms with van der Waals surface area (Å²) in [5, 5.41) is 0. The minimum Gasteiger partial charge on any atom is -0.376 e. The van der Waals surface area contributed by atoms with E-state index in [1.807, 2.05) is 12.1 Å². The van der Waals surface area contributed by atoms with Gasteiger partial charge in [-0.05, 0) is 69.2 Å². The summed E-state index contributed by atoms with van der Waals surface area (Å²) >= 11 is 0. The predicted molar refractivity (Wildman–Crippen MR) is 75.6 cm³/mol. The minimum atomic E-state index is -0.178. The van der Waals surface area contributed by atoms with Gasteiger partial charge in [-0.15, -0.1) is 0 Å². The van der Waals surface area contributed by atoms with Crippen LogP contribution >= 0.6 is 0 Å². The van der Waals surface area contributed by atoms with Crippen LogP contribution in [0.1, 0.15) is 44.6 Å². The summed E-state index contributed by atoms with van der Waals surface area (Å²) in [6, 6.07) is 6.89. The highest BCUT2D eigenvalue weighted by Crippen LogP contribution is 2.39. The third-order valence-electron chi connectivity index (χ3n) is 4.08. The molecule has 2 rings (SSSR count). The van der Waals surface area contributed by atoms with E-state index in [0.29, 0.717) is 18.4 Å². The van der Waals surface area contributed by atoms with Crippen molar-refractivity contribution < 1.29 is 9.13 Å². The van der Waals surface area contributed by atoms with Crippen LogP contribution in [0.3, 0.4) is 0 Å². The quantitative estimate of drug-likeness (QED) is 0.904. The highest BCUT2D eigenvalue weighted by Gasteiger charge is 2.33. The van der Waals surface area contributed by atoms with Crippen LogP contribution in [0.5, 0.6) is 0 Å². The first-order valence-corrected chi connectivity index (χ1v) is 7.11. The molecule has 1 heterocycles. The summed E-state index contributed by atoms with van der Waals surface area (Å²) < 4.78 is 18.8. The second kappa shape index (κ2) is 6.02. The number of hydrogen-bond donors (Lipinski definition) is 1. The fourth-order valence-corrected chi connectivity index (χ4v) is 3.19. The Morgan fingerprint density at radius 3 is 2.63 bits per heavy atom. The molecule has 0 amide bonds. The van der Waals surface area contributed by atoms with Crippen LogP contribution in [0.4, 0.5) is 4.39 Å². The van der Waals surface area contributed by atoms with Gasteiger partial charge >= 0.3 is 0 Å². The average Bonchev–Trinajstić information content (AvgIpc) is 2.36. The van der Waals surface area contributed by atoms with Gasteiger partial charge in [0.15, 0.2) is 0 Å². The molecule has 1 aromatic carbocycles. The molecular formula is C16H24FNO. The van der Waals surface area contributed by atoms with Crippen LogP contribution in [0.15, 0.2) is 24.3 Å². The molecule has 19 heavy (non-hydrogen) atoms. The summed E-state index contributed by atoms with van der Waals surface area (Å²) in [5.41, 5.74) is 6.91. The van der Waals surface area contributed by atoms with Gasteiger partial charge in [0.25, 0.3) is 0 Å². The molecule has 2 N–H and O–H groups in total. The Hall–Kier alpha value is -0.930. The van der Waals surface area contributed by atoms with Gasteiger partial charge in [-0.3, -0.25) is 0 Å². The van der Waals surface area contributed by atoms with Crippen molar-refractivity contribution in [3.63, 3.8) is 0 Å². The van der Waals surface area contributed by atoms with E-state index >= 15 is 0 Å². The molecule has 0 spiro atoms. The number of rotatable bonds is 4. The Balaban J connectivity index is 2.17. The SMILES string of the molecule is CC1(C)C[C@@H]([C@@H](CCN)c2ccc(F)cc2)CCO1. The molecule has 1 aliphatic rings.